The van der Waals surface area contributed by atoms with Crippen LogP contribution < -0.4 is 0 Å². The Kier molecular flexibility index (Phi) is 2.93. The van der Waals surface area contributed by atoms with Gasteiger partial charge in [-0.15, -0.1) is 0 Å². The monoisotopic (exact) mass is 313 g/mol. The fourth-order valence-corrected chi connectivity index (χ4v) is 2.20. The van der Waals surface area contributed by atoms with E-state index < -0.39 is 6.10 Å². The van der Waals surface area contributed by atoms with Crippen LogP contribution in [-0.4, -0.2) is 10.1 Å². The molecule has 2 aromatic rings. The number of benzene rings is 1. The quantitative estimate of drug-likeness (QED) is 0.820. The SMILES string of the molecule is Cc1cc(C(C)O)c2cc(I)ccc2n1. The maximum Gasteiger partial charge on any atom is 0.0769 e. The van der Waals surface area contributed by atoms with Gasteiger partial charge in [0.1, 0.15) is 0 Å². The van der Waals surface area contributed by atoms with Gasteiger partial charge in [0.15, 0.2) is 0 Å². The molecule has 1 N–H and O–H groups in total. The first kappa shape index (κ1) is 10.8. The largest absolute Gasteiger partial charge is 0.389 e. The van der Waals surface area contributed by atoms with Gasteiger partial charge in [-0.25, -0.2) is 0 Å². The number of halogens is 1. The molecule has 0 amide bonds. The van der Waals surface area contributed by atoms with Crippen LogP contribution in [0.15, 0.2) is 24.3 Å². The number of aliphatic hydroxyl groups excluding tert-OH is 1. The van der Waals surface area contributed by atoms with Gasteiger partial charge in [-0.1, -0.05) is 0 Å². The van der Waals surface area contributed by atoms with E-state index in [2.05, 4.69) is 33.6 Å². The Hall–Kier alpha value is -0.680. The highest BCUT2D eigenvalue weighted by molar-refractivity contribution is 14.1. The summed E-state index contributed by atoms with van der Waals surface area (Å²) >= 11 is 2.27. The predicted molar refractivity (Wildman–Crippen MR) is 69.8 cm³/mol. The highest BCUT2D eigenvalue weighted by Gasteiger charge is 2.08. The molecule has 0 bridgehead atoms. The van der Waals surface area contributed by atoms with Gasteiger partial charge in [0.05, 0.1) is 11.6 Å². The minimum atomic E-state index is -0.451. The van der Waals surface area contributed by atoms with Crippen molar-refractivity contribution in [3.63, 3.8) is 0 Å². The topological polar surface area (TPSA) is 33.1 Å². The second kappa shape index (κ2) is 4.06. The summed E-state index contributed by atoms with van der Waals surface area (Å²) < 4.78 is 1.16. The lowest BCUT2D eigenvalue weighted by molar-refractivity contribution is 0.200. The summed E-state index contributed by atoms with van der Waals surface area (Å²) in [5, 5.41) is 10.8. The third-order valence-corrected chi connectivity index (χ3v) is 3.05. The van der Waals surface area contributed by atoms with Crippen molar-refractivity contribution in [2.75, 3.05) is 0 Å². The summed E-state index contributed by atoms with van der Waals surface area (Å²) in [5.74, 6) is 0. The smallest absolute Gasteiger partial charge is 0.0769 e. The molecule has 0 aliphatic carbocycles. The summed E-state index contributed by atoms with van der Waals surface area (Å²) in [4.78, 5) is 4.45. The Morgan fingerprint density at radius 2 is 2.07 bits per heavy atom. The van der Waals surface area contributed by atoms with Crippen LogP contribution >= 0.6 is 22.6 Å². The highest BCUT2D eigenvalue weighted by Crippen LogP contribution is 2.25. The first-order chi connectivity index (χ1) is 7.08. The van der Waals surface area contributed by atoms with Crippen LogP contribution in [0.25, 0.3) is 10.9 Å². The molecule has 1 unspecified atom stereocenters. The molecule has 0 radical (unpaired) electrons. The van der Waals surface area contributed by atoms with Gasteiger partial charge in [-0.05, 0) is 66.3 Å². The normalized spacial score (nSPS) is 13.1. The number of aromatic nitrogens is 1. The third kappa shape index (κ3) is 2.13. The van der Waals surface area contributed by atoms with Gasteiger partial charge < -0.3 is 5.11 Å². The molecular weight excluding hydrogens is 301 g/mol. The molecule has 1 atom stereocenters. The van der Waals surface area contributed by atoms with Crippen molar-refractivity contribution in [3.05, 3.63) is 39.1 Å². The lowest BCUT2D eigenvalue weighted by atomic mass is 10.0. The number of rotatable bonds is 1. The average molecular weight is 313 g/mol. The molecule has 78 valence electrons. The lowest BCUT2D eigenvalue weighted by Crippen LogP contribution is -1.96. The fraction of sp³-hybridized carbons (Fsp3) is 0.250. The molecule has 0 saturated heterocycles. The average Bonchev–Trinajstić information content (AvgIpc) is 2.17. The molecular formula is C12H12INO. The Morgan fingerprint density at radius 3 is 2.73 bits per heavy atom. The Labute approximate surface area is 102 Å². The van der Waals surface area contributed by atoms with Crippen LogP contribution in [0, 0.1) is 10.5 Å². The van der Waals surface area contributed by atoms with Crippen molar-refractivity contribution in [3.8, 4) is 0 Å². The van der Waals surface area contributed by atoms with Gasteiger partial charge in [-0.3, -0.25) is 4.98 Å². The Balaban J connectivity index is 2.81. The fourth-order valence-electron chi connectivity index (χ4n) is 1.71. The molecule has 0 spiro atoms. The zero-order valence-corrected chi connectivity index (χ0v) is 10.8. The number of hydrogen-bond acceptors (Lipinski definition) is 2. The zero-order valence-electron chi connectivity index (χ0n) is 8.66. The summed E-state index contributed by atoms with van der Waals surface area (Å²) in [6.07, 6.45) is -0.451. The first-order valence-corrected chi connectivity index (χ1v) is 5.90. The van der Waals surface area contributed by atoms with Crippen molar-refractivity contribution in [2.45, 2.75) is 20.0 Å². The van der Waals surface area contributed by atoms with Gasteiger partial charge in [-0.2, -0.15) is 0 Å². The van der Waals surface area contributed by atoms with Crippen LogP contribution in [0.1, 0.15) is 24.3 Å². The minimum Gasteiger partial charge on any atom is -0.389 e. The Morgan fingerprint density at radius 1 is 1.33 bits per heavy atom. The second-order valence-electron chi connectivity index (χ2n) is 3.69. The van der Waals surface area contributed by atoms with Crippen molar-refractivity contribution in [2.24, 2.45) is 0 Å². The van der Waals surface area contributed by atoms with E-state index in [0.717, 1.165) is 25.7 Å². The number of fused-ring (bicyclic) bond motifs is 1. The Bertz CT molecular complexity index is 508. The molecule has 1 aromatic carbocycles. The van der Waals surface area contributed by atoms with E-state index in [4.69, 9.17) is 0 Å². The van der Waals surface area contributed by atoms with Crippen molar-refractivity contribution < 1.29 is 5.11 Å². The van der Waals surface area contributed by atoms with E-state index in [9.17, 15) is 5.11 Å². The van der Waals surface area contributed by atoms with Crippen molar-refractivity contribution >= 4 is 33.5 Å². The molecule has 1 heterocycles. The molecule has 0 aliphatic heterocycles. The molecule has 15 heavy (non-hydrogen) atoms. The van der Waals surface area contributed by atoms with Gasteiger partial charge in [0, 0.05) is 14.7 Å². The molecule has 2 nitrogen and oxygen atoms in total. The summed E-state index contributed by atoms with van der Waals surface area (Å²) in [7, 11) is 0. The third-order valence-electron chi connectivity index (χ3n) is 2.38. The van der Waals surface area contributed by atoms with Crippen molar-refractivity contribution in [1.29, 1.82) is 0 Å². The van der Waals surface area contributed by atoms with Crippen LogP contribution in [0.3, 0.4) is 0 Å². The number of aryl methyl sites for hydroxylation is 1. The maximum atomic E-state index is 9.71. The van der Waals surface area contributed by atoms with E-state index in [-0.39, 0.29) is 0 Å². The maximum absolute atomic E-state index is 9.71. The van der Waals surface area contributed by atoms with E-state index in [1.165, 1.54) is 0 Å². The van der Waals surface area contributed by atoms with E-state index in [0.29, 0.717) is 0 Å². The standard InChI is InChI=1S/C12H12INO/c1-7-5-10(8(2)15)11-6-9(13)3-4-12(11)14-7/h3-6,8,15H,1-2H3. The van der Waals surface area contributed by atoms with E-state index in [1.54, 1.807) is 6.92 Å². The van der Waals surface area contributed by atoms with Gasteiger partial charge in [0.25, 0.3) is 0 Å². The molecule has 0 aliphatic rings. The van der Waals surface area contributed by atoms with Crippen LogP contribution in [-0.2, 0) is 0 Å². The predicted octanol–water partition coefficient (Wildman–Crippen LogP) is 3.20. The number of aliphatic hydroxyl groups is 1. The molecule has 3 heteroatoms. The van der Waals surface area contributed by atoms with Crippen LogP contribution in [0.2, 0.25) is 0 Å². The van der Waals surface area contributed by atoms with Crippen molar-refractivity contribution in [1.82, 2.24) is 4.98 Å². The molecule has 0 fully saturated rings. The second-order valence-corrected chi connectivity index (χ2v) is 4.94. The van der Waals surface area contributed by atoms with Crippen LogP contribution in [0.4, 0.5) is 0 Å². The van der Waals surface area contributed by atoms with Gasteiger partial charge >= 0.3 is 0 Å². The lowest BCUT2D eigenvalue weighted by Gasteiger charge is -2.10. The number of pyridine rings is 1. The summed E-state index contributed by atoms with van der Waals surface area (Å²) in [5.41, 5.74) is 2.85. The van der Waals surface area contributed by atoms with E-state index in [1.807, 2.05) is 25.1 Å². The number of hydrogen-bond donors (Lipinski definition) is 1. The molecule has 2 rings (SSSR count). The molecule has 1 aromatic heterocycles. The van der Waals surface area contributed by atoms with E-state index >= 15 is 0 Å². The summed E-state index contributed by atoms with van der Waals surface area (Å²) in [6, 6.07) is 8.03. The minimum absolute atomic E-state index is 0.451. The summed E-state index contributed by atoms with van der Waals surface area (Å²) in [6.45, 7) is 3.73. The first-order valence-electron chi connectivity index (χ1n) is 4.83. The number of nitrogens with zero attached hydrogens (tertiary/aromatic N) is 1. The molecule has 0 saturated carbocycles. The zero-order chi connectivity index (χ0) is 11.0. The van der Waals surface area contributed by atoms with Gasteiger partial charge in [0.2, 0.25) is 0 Å². The van der Waals surface area contributed by atoms with Crippen LogP contribution in [0.5, 0.6) is 0 Å². The highest BCUT2D eigenvalue weighted by atomic mass is 127.